The Kier molecular flexibility index (Phi) is 5.41. The van der Waals surface area contributed by atoms with Crippen LogP contribution in [0.2, 0.25) is 0 Å². The van der Waals surface area contributed by atoms with Gasteiger partial charge in [0.25, 0.3) is 5.91 Å². The van der Waals surface area contributed by atoms with Crippen LogP contribution in [0, 0.1) is 12.8 Å². The fourth-order valence-electron chi connectivity index (χ4n) is 3.77. The Hall–Kier alpha value is -2.30. The van der Waals surface area contributed by atoms with Gasteiger partial charge in [-0.1, -0.05) is 44.2 Å². The van der Waals surface area contributed by atoms with Crippen molar-refractivity contribution in [3.8, 4) is 5.75 Å². The molecule has 1 atom stereocenters. The van der Waals surface area contributed by atoms with Gasteiger partial charge in [-0.05, 0) is 37.0 Å². The second kappa shape index (κ2) is 7.72. The van der Waals surface area contributed by atoms with E-state index in [0.29, 0.717) is 23.8 Å². The zero-order chi connectivity index (χ0) is 17.8. The van der Waals surface area contributed by atoms with Crippen molar-refractivity contribution in [1.29, 1.82) is 0 Å². The molecule has 1 fully saturated rings. The third-order valence-electron chi connectivity index (χ3n) is 5.07. The topological polar surface area (TPSA) is 66.8 Å². The maximum absolute atomic E-state index is 12.3. The number of carboxylic acids is 1. The lowest BCUT2D eigenvalue weighted by atomic mass is 9.84. The number of carbonyl (C=O) groups is 2. The standard InChI is InChI=1S/C20H25NO4/c1-14-6-5-9-16(10-14)25-17-12-19(22)21(13-17)18(20(23)24)11-15-7-3-2-4-8-15/h5-6,9-10,12,15,18H,2-4,7-8,11,13H2,1H3,(H,23,24)/t18-/m0/s1. The van der Waals surface area contributed by atoms with Gasteiger partial charge in [-0.3, -0.25) is 4.79 Å². The summed E-state index contributed by atoms with van der Waals surface area (Å²) in [6.07, 6.45) is 7.62. The van der Waals surface area contributed by atoms with Gasteiger partial charge in [0.2, 0.25) is 0 Å². The Morgan fingerprint density at radius 1 is 1.32 bits per heavy atom. The second-order valence-corrected chi connectivity index (χ2v) is 7.09. The summed E-state index contributed by atoms with van der Waals surface area (Å²) < 4.78 is 5.78. The molecule has 5 nitrogen and oxygen atoms in total. The van der Waals surface area contributed by atoms with Crippen LogP contribution in [0.1, 0.15) is 44.1 Å². The molecule has 1 aliphatic carbocycles. The normalized spacial score (nSPS) is 19.6. The average molecular weight is 343 g/mol. The van der Waals surface area contributed by atoms with E-state index in [1.807, 2.05) is 31.2 Å². The second-order valence-electron chi connectivity index (χ2n) is 7.09. The number of amides is 1. The summed E-state index contributed by atoms with van der Waals surface area (Å²) in [5, 5.41) is 9.64. The first kappa shape index (κ1) is 17.5. The number of carbonyl (C=O) groups excluding carboxylic acids is 1. The summed E-state index contributed by atoms with van der Waals surface area (Å²) in [5.74, 6) is 0.366. The lowest BCUT2D eigenvalue weighted by molar-refractivity contribution is -0.148. The first-order valence-corrected chi connectivity index (χ1v) is 9.01. The van der Waals surface area contributed by atoms with Gasteiger partial charge in [-0.2, -0.15) is 0 Å². The number of carboxylic acid groups (broad SMARTS) is 1. The van der Waals surface area contributed by atoms with Crippen molar-refractivity contribution in [2.45, 2.75) is 51.5 Å². The lowest BCUT2D eigenvalue weighted by Gasteiger charge is -2.30. The summed E-state index contributed by atoms with van der Waals surface area (Å²) in [7, 11) is 0. The van der Waals surface area contributed by atoms with E-state index < -0.39 is 12.0 Å². The van der Waals surface area contributed by atoms with E-state index in [0.717, 1.165) is 31.2 Å². The van der Waals surface area contributed by atoms with Crippen molar-refractivity contribution in [3.05, 3.63) is 41.7 Å². The molecule has 1 amide bonds. The van der Waals surface area contributed by atoms with Crippen molar-refractivity contribution < 1.29 is 19.4 Å². The molecule has 0 radical (unpaired) electrons. The number of benzene rings is 1. The van der Waals surface area contributed by atoms with Crippen LogP contribution >= 0.6 is 0 Å². The number of aryl methyl sites for hydroxylation is 1. The van der Waals surface area contributed by atoms with Gasteiger partial charge in [-0.25, -0.2) is 4.79 Å². The van der Waals surface area contributed by atoms with Crippen LogP contribution in [-0.2, 0) is 9.59 Å². The van der Waals surface area contributed by atoms with E-state index in [2.05, 4.69) is 0 Å². The number of hydrogen-bond acceptors (Lipinski definition) is 3. The van der Waals surface area contributed by atoms with Gasteiger partial charge in [0.1, 0.15) is 17.6 Å². The molecular weight excluding hydrogens is 318 g/mol. The molecule has 1 aliphatic heterocycles. The fraction of sp³-hybridized carbons (Fsp3) is 0.500. The van der Waals surface area contributed by atoms with Gasteiger partial charge < -0.3 is 14.7 Å². The van der Waals surface area contributed by atoms with Crippen molar-refractivity contribution in [1.82, 2.24) is 4.90 Å². The molecule has 3 rings (SSSR count). The molecule has 1 saturated carbocycles. The highest BCUT2D eigenvalue weighted by Gasteiger charge is 2.36. The number of aliphatic carboxylic acids is 1. The molecular formula is C20H25NO4. The number of rotatable bonds is 6. The maximum Gasteiger partial charge on any atom is 0.326 e. The van der Waals surface area contributed by atoms with E-state index in [4.69, 9.17) is 4.74 Å². The monoisotopic (exact) mass is 343 g/mol. The zero-order valence-electron chi connectivity index (χ0n) is 14.6. The van der Waals surface area contributed by atoms with Crippen LogP contribution in [0.5, 0.6) is 5.75 Å². The van der Waals surface area contributed by atoms with Gasteiger partial charge >= 0.3 is 5.97 Å². The highest BCUT2D eigenvalue weighted by molar-refractivity contribution is 5.94. The fourth-order valence-corrected chi connectivity index (χ4v) is 3.77. The zero-order valence-corrected chi connectivity index (χ0v) is 14.6. The summed E-state index contributed by atoms with van der Waals surface area (Å²) in [6, 6.07) is 6.81. The molecule has 0 unspecified atom stereocenters. The summed E-state index contributed by atoms with van der Waals surface area (Å²) >= 11 is 0. The Bertz CT molecular complexity index is 676. The van der Waals surface area contributed by atoms with Crippen molar-refractivity contribution in [3.63, 3.8) is 0 Å². The van der Waals surface area contributed by atoms with Crippen LogP contribution in [0.3, 0.4) is 0 Å². The highest BCUT2D eigenvalue weighted by Crippen LogP contribution is 2.30. The molecule has 134 valence electrons. The van der Waals surface area contributed by atoms with E-state index >= 15 is 0 Å². The van der Waals surface area contributed by atoms with E-state index in [1.54, 1.807) is 0 Å². The lowest BCUT2D eigenvalue weighted by Crippen LogP contribution is -2.44. The van der Waals surface area contributed by atoms with Crippen LogP contribution < -0.4 is 4.74 Å². The minimum Gasteiger partial charge on any atom is -0.480 e. The molecule has 1 N–H and O–H groups in total. The Morgan fingerprint density at radius 3 is 2.76 bits per heavy atom. The molecule has 0 spiro atoms. The molecule has 0 bridgehead atoms. The van der Waals surface area contributed by atoms with Gasteiger partial charge in [0.15, 0.2) is 0 Å². The number of hydrogen-bond donors (Lipinski definition) is 1. The Labute approximate surface area is 148 Å². The molecule has 5 heteroatoms. The summed E-state index contributed by atoms with van der Waals surface area (Å²) in [6.45, 7) is 2.19. The third kappa shape index (κ3) is 4.41. The quantitative estimate of drug-likeness (QED) is 0.858. The molecule has 0 saturated heterocycles. The van der Waals surface area contributed by atoms with Gasteiger partial charge in [-0.15, -0.1) is 0 Å². The van der Waals surface area contributed by atoms with Crippen LogP contribution in [-0.4, -0.2) is 34.5 Å². The Morgan fingerprint density at radius 2 is 2.08 bits per heavy atom. The molecule has 1 aromatic carbocycles. The number of ether oxygens (including phenoxy) is 1. The largest absolute Gasteiger partial charge is 0.480 e. The molecule has 0 aromatic heterocycles. The first-order valence-electron chi connectivity index (χ1n) is 9.01. The minimum atomic E-state index is -0.927. The predicted octanol–water partition coefficient (Wildman–Crippen LogP) is 3.52. The maximum atomic E-state index is 12.3. The third-order valence-corrected chi connectivity index (χ3v) is 5.07. The summed E-state index contributed by atoms with van der Waals surface area (Å²) in [5.41, 5.74) is 1.07. The van der Waals surface area contributed by atoms with Crippen LogP contribution in [0.15, 0.2) is 36.1 Å². The molecule has 1 aromatic rings. The Balaban J connectivity index is 1.65. The summed E-state index contributed by atoms with van der Waals surface area (Å²) in [4.78, 5) is 25.5. The molecule has 2 aliphatic rings. The van der Waals surface area contributed by atoms with Crippen LogP contribution in [0.25, 0.3) is 0 Å². The number of nitrogens with zero attached hydrogens (tertiary/aromatic N) is 1. The van der Waals surface area contributed by atoms with Crippen molar-refractivity contribution >= 4 is 11.9 Å². The van der Waals surface area contributed by atoms with Crippen molar-refractivity contribution in [2.75, 3.05) is 6.54 Å². The van der Waals surface area contributed by atoms with E-state index in [1.165, 1.54) is 17.4 Å². The SMILES string of the molecule is Cc1cccc(OC2=CC(=O)N([C@@H](CC3CCCCC3)C(=O)O)C2)c1. The van der Waals surface area contributed by atoms with Gasteiger partial charge in [0, 0.05) is 6.08 Å². The minimum absolute atomic E-state index is 0.219. The van der Waals surface area contributed by atoms with E-state index in [-0.39, 0.29) is 12.5 Å². The van der Waals surface area contributed by atoms with E-state index in [9.17, 15) is 14.7 Å². The van der Waals surface area contributed by atoms with Crippen LogP contribution in [0.4, 0.5) is 0 Å². The average Bonchev–Trinajstić information content (AvgIpc) is 2.93. The predicted molar refractivity (Wildman–Crippen MR) is 94.2 cm³/mol. The molecule has 25 heavy (non-hydrogen) atoms. The highest BCUT2D eigenvalue weighted by atomic mass is 16.5. The van der Waals surface area contributed by atoms with Gasteiger partial charge in [0.05, 0.1) is 6.54 Å². The molecule has 1 heterocycles. The first-order chi connectivity index (χ1) is 12.0. The smallest absolute Gasteiger partial charge is 0.326 e. The van der Waals surface area contributed by atoms with Crippen molar-refractivity contribution in [2.24, 2.45) is 5.92 Å².